The van der Waals surface area contributed by atoms with Crippen LogP contribution in [0.1, 0.15) is 22.3 Å². The minimum atomic E-state index is -3.86. The summed E-state index contributed by atoms with van der Waals surface area (Å²) in [6, 6.07) is 35.6. The smallest absolute Gasteiger partial charge is 0.207 e. The molecule has 0 aliphatic carbocycles. The standard InChI is InChI=1S/C34H26O2S3/c35-39(36,33-15-7-13-29(27-9-3-1-4-10-27)31(33)21-25-17-19-37-23-25)34-16-8-14-30(28-11-5-2-6-12-28)32(34)22-26-18-20-38-24-26/h1-20,23-24H,21-22H2. The highest BCUT2D eigenvalue weighted by atomic mass is 32.2. The van der Waals surface area contributed by atoms with Crippen LogP contribution in [0.15, 0.2) is 141 Å². The van der Waals surface area contributed by atoms with Gasteiger partial charge in [0.1, 0.15) is 0 Å². The average Bonchev–Trinajstić information content (AvgIpc) is 3.69. The summed E-state index contributed by atoms with van der Waals surface area (Å²) >= 11 is 3.25. The van der Waals surface area contributed by atoms with Gasteiger partial charge in [0.2, 0.25) is 9.84 Å². The lowest BCUT2D eigenvalue weighted by atomic mass is 9.95. The number of sulfone groups is 1. The highest BCUT2D eigenvalue weighted by Crippen LogP contribution is 2.38. The Morgan fingerprint density at radius 1 is 0.487 bits per heavy atom. The maximum atomic E-state index is 14.7. The molecule has 0 spiro atoms. The molecule has 2 nitrogen and oxygen atoms in total. The van der Waals surface area contributed by atoms with Gasteiger partial charge in [-0.3, -0.25) is 0 Å². The molecular formula is C34H26O2S3. The van der Waals surface area contributed by atoms with Crippen molar-refractivity contribution in [1.82, 2.24) is 0 Å². The Morgan fingerprint density at radius 3 is 1.31 bits per heavy atom. The predicted molar refractivity (Wildman–Crippen MR) is 163 cm³/mol. The Kier molecular flexibility index (Phi) is 7.29. The molecule has 6 rings (SSSR count). The third kappa shape index (κ3) is 5.26. The van der Waals surface area contributed by atoms with Gasteiger partial charge in [0.25, 0.3) is 0 Å². The molecule has 192 valence electrons. The first-order chi connectivity index (χ1) is 19.1. The van der Waals surface area contributed by atoms with Gasteiger partial charge in [-0.15, -0.1) is 0 Å². The van der Waals surface area contributed by atoms with Crippen LogP contribution in [-0.4, -0.2) is 8.42 Å². The summed E-state index contributed by atoms with van der Waals surface area (Å²) in [6.07, 6.45) is 1.09. The van der Waals surface area contributed by atoms with Crippen LogP contribution in [0, 0.1) is 0 Å². The van der Waals surface area contributed by atoms with Crippen LogP contribution in [0.25, 0.3) is 22.3 Å². The summed E-state index contributed by atoms with van der Waals surface area (Å²) in [5.41, 5.74) is 7.78. The van der Waals surface area contributed by atoms with Gasteiger partial charge in [0, 0.05) is 12.8 Å². The summed E-state index contributed by atoms with van der Waals surface area (Å²) in [6.45, 7) is 0. The van der Waals surface area contributed by atoms with Crippen LogP contribution in [-0.2, 0) is 22.7 Å². The van der Waals surface area contributed by atoms with Crippen molar-refractivity contribution in [2.24, 2.45) is 0 Å². The Hall–Kier alpha value is -3.77. The third-order valence-electron chi connectivity index (χ3n) is 6.94. The Balaban J connectivity index is 1.58. The van der Waals surface area contributed by atoms with Crippen LogP contribution >= 0.6 is 22.7 Å². The maximum absolute atomic E-state index is 14.7. The van der Waals surface area contributed by atoms with E-state index in [0.29, 0.717) is 22.6 Å². The van der Waals surface area contributed by atoms with Gasteiger partial charge in [0.15, 0.2) is 0 Å². The molecule has 0 fully saturated rings. The van der Waals surface area contributed by atoms with Gasteiger partial charge >= 0.3 is 0 Å². The van der Waals surface area contributed by atoms with Gasteiger partial charge in [-0.25, -0.2) is 8.42 Å². The van der Waals surface area contributed by atoms with Gasteiger partial charge in [-0.2, -0.15) is 22.7 Å². The largest absolute Gasteiger partial charge is 0.218 e. The number of benzene rings is 4. The Bertz CT molecular complexity index is 1660. The lowest BCUT2D eigenvalue weighted by molar-refractivity contribution is 0.594. The predicted octanol–water partition coefficient (Wildman–Crippen LogP) is 9.16. The van der Waals surface area contributed by atoms with Crippen molar-refractivity contribution < 1.29 is 8.42 Å². The van der Waals surface area contributed by atoms with E-state index >= 15 is 0 Å². The molecule has 0 radical (unpaired) electrons. The van der Waals surface area contributed by atoms with Crippen molar-refractivity contribution in [2.75, 3.05) is 0 Å². The number of thiophene rings is 2. The molecular weight excluding hydrogens is 537 g/mol. The zero-order valence-electron chi connectivity index (χ0n) is 21.2. The van der Waals surface area contributed by atoms with E-state index in [1.807, 2.05) is 95.7 Å². The fourth-order valence-corrected chi connectivity index (χ4v) is 8.19. The molecule has 0 saturated carbocycles. The summed E-state index contributed by atoms with van der Waals surface area (Å²) in [4.78, 5) is 0.735. The zero-order chi connectivity index (χ0) is 26.7. The molecule has 0 bridgehead atoms. The van der Waals surface area contributed by atoms with Gasteiger partial charge in [-0.1, -0.05) is 84.9 Å². The molecule has 39 heavy (non-hydrogen) atoms. The van der Waals surface area contributed by atoms with E-state index in [0.717, 1.165) is 44.5 Å². The minimum absolute atomic E-state index is 0.367. The second kappa shape index (κ2) is 11.1. The first kappa shape index (κ1) is 25.5. The van der Waals surface area contributed by atoms with Crippen LogP contribution in [0.4, 0.5) is 0 Å². The second-order valence-corrected chi connectivity index (χ2v) is 12.9. The molecule has 0 unspecified atom stereocenters. The van der Waals surface area contributed by atoms with Crippen molar-refractivity contribution in [3.8, 4) is 22.3 Å². The molecule has 4 aromatic carbocycles. The van der Waals surface area contributed by atoms with Crippen molar-refractivity contribution in [1.29, 1.82) is 0 Å². The molecule has 0 aliphatic rings. The molecule has 0 N–H and O–H groups in total. The summed E-state index contributed by atoms with van der Waals surface area (Å²) in [7, 11) is -3.86. The van der Waals surface area contributed by atoms with E-state index in [1.165, 1.54) is 0 Å². The van der Waals surface area contributed by atoms with E-state index in [1.54, 1.807) is 34.8 Å². The van der Waals surface area contributed by atoms with Crippen molar-refractivity contribution in [3.05, 3.63) is 153 Å². The van der Waals surface area contributed by atoms with E-state index in [9.17, 15) is 8.42 Å². The van der Waals surface area contributed by atoms with Gasteiger partial charge < -0.3 is 0 Å². The van der Waals surface area contributed by atoms with Gasteiger partial charge in [-0.05, 0) is 90.3 Å². The molecule has 0 amide bonds. The average molecular weight is 563 g/mol. The first-order valence-corrected chi connectivity index (χ1v) is 16.1. The van der Waals surface area contributed by atoms with E-state index < -0.39 is 9.84 Å². The molecule has 0 aliphatic heterocycles. The molecule has 0 saturated heterocycles. The van der Waals surface area contributed by atoms with E-state index in [4.69, 9.17) is 0 Å². The topological polar surface area (TPSA) is 34.1 Å². The summed E-state index contributed by atoms with van der Waals surface area (Å²) in [5.74, 6) is 0. The van der Waals surface area contributed by atoms with Crippen LogP contribution in [0.2, 0.25) is 0 Å². The van der Waals surface area contributed by atoms with Crippen molar-refractivity contribution in [3.63, 3.8) is 0 Å². The number of hydrogen-bond acceptors (Lipinski definition) is 4. The Labute approximate surface area is 237 Å². The summed E-state index contributed by atoms with van der Waals surface area (Å²) in [5, 5.41) is 8.26. The highest BCUT2D eigenvalue weighted by molar-refractivity contribution is 7.91. The normalized spacial score (nSPS) is 11.5. The quantitative estimate of drug-likeness (QED) is 0.185. The highest BCUT2D eigenvalue weighted by Gasteiger charge is 2.28. The van der Waals surface area contributed by atoms with E-state index in [2.05, 4.69) is 22.9 Å². The van der Waals surface area contributed by atoms with Crippen LogP contribution in [0.5, 0.6) is 0 Å². The van der Waals surface area contributed by atoms with Crippen LogP contribution < -0.4 is 0 Å². The van der Waals surface area contributed by atoms with E-state index in [-0.39, 0.29) is 0 Å². The Morgan fingerprint density at radius 2 is 0.923 bits per heavy atom. The summed E-state index contributed by atoms with van der Waals surface area (Å²) < 4.78 is 29.4. The molecule has 2 heterocycles. The fraction of sp³-hybridized carbons (Fsp3) is 0.0588. The number of hydrogen-bond donors (Lipinski definition) is 0. The first-order valence-electron chi connectivity index (χ1n) is 12.7. The maximum Gasteiger partial charge on any atom is 0.207 e. The lowest BCUT2D eigenvalue weighted by Gasteiger charge is -2.19. The van der Waals surface area contributed by atoms with Gasteiger partial charge in [0.05, 0.1) is 9.79 Å². The molecule has 2 aromatic heterocycles. The second-order valence-electron chi connectivity index (χ2n) is 9.42. The molecule has 0 atom stereocenters. The van der Waals surface area contributed by atoms with Crippen molar-refractivity contribution >= 4 is 32.5 Å². The molecule has 5 heteroatoms. The monoisotopic (exact) mass is 562 g/mol. The van der Waals surface area contributed by atoms with Crippen LogP contribution in [0.3, 0.4) is 0 Å². The fourth-order valence-electron chi connectivity index (χ4n) is 5.09. The SMILES string of the molecule is O=S(=O)(c1cccc(-c2ccccc2)c1Cc1ccsc1)c1cccc(-c2ccccc2)c1Cc1ccsc1. The third-order valence-corrected chi connectivity index (χ3v) is 10.3. The van der Waals surface area contributed by atoms with Crippen molar-refractivity contribution in [2.45, 2.75) is 22.6 Å². The zero-order valence-corrected chi connectivity index (χ0v) is 23.6. The number of rotatable bonds is 8. The minimum Gasteiger partial charge on any atom is -0.218 e. The lowest BCUT2D eigenvalue weighted by Crippen LogP contribution is -2.11. The molecule has 6 aromatic rings.